The van der Waals surface area contributed by atoms with E-state index in [2.05, 4.69) is 15.0 Å². The van der Waals surface area contributed by atoms with E-state index in [1.54, 1.807) is 0 Å². The SMILES string of the molecule is COC(=O)c1c(NC(=O)C2CC2)sc2c1CC(N=NS(C)(=O)=O)CC2. The average Bonchev–Trinajstić information content (AvgIpc) is 3.34. The molecule has 0 bridgehead atoms. The van der Waals surface area contributed by atoms with Crippen molar-refractivity contribution in [2.24, 2.45) is 15.6 Å². The number of nitrogens with zero attached hydrogens (tertiary/aromatic N) is 2. The monoisotopic (exact) mass is 385 g/mol. The Kier molecular flexibility index (Phi) is 4.92. The molecule has 1 N–H and O–H groups in total. The van der Waals surface area contributed by atoms with Crippen molar-refractivity contribution >= 4 is 38.2 Å². The summed E-state index contributed by atoms with van der Waals surface area (Å²) in [6, 6.07) is -0.313. The summed E-state index contributed by atoms with van der Waals surface area (Å²) >= 11 is 1.38. The first-order chi connectivity index (χ1) is 11.8. The predicted molar refractivity (Wildman–Crippen MR) is 92.5 cm³/mol. The van der Waals surface area contributed by atoms with Gasteiger partial charge < -0.3 is 10.1 Å². The summed E-state index contributed by atoms with van der Waals surface area (Å²) in [7, 11) is -2.24. The van der Waals surface area contributed by atoms with Crippen LogP contribution in [0, 0.1) is 5.92 Å². The highest BCUT2D eigenvalue weighted by Gasteiger charge is 2.34. The number of aryl methyl sites for hydroxylation is 1. The lowest BCUT2D eigenvalue weighted by Gasteiger charge is -2.18. The van der Waals surface area contributed by atoms with Crippen LogP contribution in [0.3, 0.4) is 0 Å². The number of methoxy groups -OCH3 is 1. The Balaban J connectivity index is 1.89. The molecule has 136 valence electrons. The molecule has 0 aliphatic heterocycles. The fraction of sp³-hybridized carbons (Fsp3) is 0.600. The highest BCUT2D eigenvalue weighted by molar-refractivity contribution is 7.89. The van der Waals surface area contributed by atoms with Crippen molar-refractivity contribution in [3.05, 3.63) is 16.0 Å². The molecule has 0 saturated heterocycles. The zero-order valence-electron chi connectivity index (χ0n) is 13.9. The van der Waals surface area contributed by atoms with Gasteiger partial charge in [-0.1, -0.05) is 4.52 Å². The average molecular weight is 385 g/mol. The van der Waals surface area contributed by atoms with Crippen molar-refractivity contribution in [3.8, 4) is 0 Å². The maximum absolute atomic E-state index is 12.2. The van der Waals surface area contributed by atoms with Gasteiger partial charge in [0.1, 0.15) is 5.00 Å². The molecule has 10 heteroatoms. The van der Waals surface area contributed by atoms with Gasteiger partial charge in [-0.05, 0) is 37.7 Å². The van der Waals surface area contributed by atoms with Crippen molar-refractivity contribution in [3.63, 3.8) is 0 Å². The van der Waals surface area contributed by atoms with Crippen molar-refractivity contribution in [2.45, 2.75) is 38.1 Å². The van der Waals surface area contributed by atoms with Crippen molar-refractivity contribution in [1.82, 2.24) is 0 Å². The number of ether oxygens (including phenoxy) is 1. The third-order valence-corrected chi connectivity index (χ3v) is 5.77. The highest BCUT2D eigenvalue weighted by Crippen LogP contribution is 2.40. The van der Waals surface area contributed by atoms with Crippen LogP contribution in [-0.2, 0) is 32.4 Å². The van der Waals surface area contributed by atoms with Crippen molar-refractivity contribution in [2.75, 3.05) is 18.7 Å². The van der Waals surface area contributed by atoms with Gasteiger partial charge in [-0.15, -0.1) is 11.3 Å². The molecule has 0 radical (unpaired) electrons. The van der Waals surface area contributed by atoms with Gasteiger partial charge in [0.25, 0.3) is 10.0 Å². The molecule has 0 aromatic carbocycles. The van der Waals surface area contributed by atoms with Crippen molar-refractivity contribution < 1.29 is 22.7 Å². The molecule has 8 nitrogen and oxygen atoms in total. The number of carbonyl (C=O) groups excluding carboxylic acids is 2. The zero-order valence-corrected chi connectivity index (χ0v) is 15.6. The highest BCUT2D eigenvalue weighted by atomic mass is 32.2. The Morgan fingerprint density at radius 2 is 2.00 bits per heavy atom. The molecule has 1 aromatic heterocycles. The van der Waals surface area contributed by atoms with E-state index in [0.717, 1.165) is 29.5 Å². The number of esters is 1. The number of nitrogens with one attached hydrogen (secondary N) is 1. The quantitative estimate of drug-likeness (QED) is 0.616. The second kappa shape index (κ2) is 6.83. The first kappa shape index (κ1) is 18.0. The van der Waals surface area contributed by atoms with Crippen LogP contribution >= 0.6 is 11.3 Å². The Hall–Kier alpha value is -1.81. The molecule has 0 spiro atoms. The van der Waals surface area contributed by atoms with Gasteiger partial charge in [0.15, 0.2) is 0 Å². The Morgan fingerprint density at radius 3 is 2.60 bits per heavy atom. The maximum atomic E-state index is 12.2. The Bertz CT molecular complexity index is 840. The fourth-order valence-corrected chi connectivity index (χ4v) is 4.32. The normalized spacial score (nSPS) is 20.3. The first-order valence-corrected chi connectivity index (χ1v) is 10.6. The van der Waals surface area contributed by atoms with Crippen LogP contribution in [0.15, 0.2) is 9.63 Å². The van der Waals surface area contributed by atoms with Gasteiger partial charge in [-0.25, -0.2) is 13.2 Å². The van der Waals surface area contributed by atoms with E-state index in [1.165, 1.54) is 18.4 Å². The summed E-state index contributed by atoms with van der Waals surface area (Å²) in [5, 5.41) is 7.24. The number of fused-ring (bicyclic) bond motifs is 1. The van der Waals surface area contributed by atoms with Gasteiger partial charge >= 0.3 is 5.97 Å². The number of carbonyl (C=O) groups is 2. The number of thiophene rings is 1. The molecule has 2 aliphatic carbocycles. The molecule has 2 aliphatic rings. The van der Waals surface area contributed by atoms with Crippen LogP contribution in [0.25, 0.3) is 0 Å². The van der Waals surface area contributed by atoms with Crippen LogP contribution in [-0.4, -0.2) is 39.7 Å². The van der Waals surface area contributed by atoms with Crippen LogP contribution < -0.4 is 5.32 Å². The van der Waals surface area contributed by atoms with E-state index in [-0.39, 0.29) is 17.9 Å². The fourth-order valence-electron chi connectivity index (χ4n) is 2.78. The van der Waals surface area contributed by atoms with Crippen molar-refractivity contribution in [1.29, 1.82) is 0 Å². The lowest BCUT2D eigenvalue weighted by atomic mass is 9.92. The van der Waals surface area contributed by atoms with Crippen LogP contribution in [0.1, 0.15) is 40.1 Å². The number of anilines is 1. The molecule has 1 atom stereocenters. The molecule has 1 heterocycles. The lowest BCUT2D eigenvalue weighted by Crippen LogP contribution is -2.19. The van der Waals surface area contributed by atoms with Gasteiger partial charge in [0, 0.05) is 10.8 Å². The minimum Gasteiger partial charge on any atom is -0.465 e. The lowest BCUT2D eigenvalue weighted by molar-refractivity contribution is -0.117. The number of hydrogen-bond donors (Lipinski definition) is 1. The van der Waals surface area contributed by atoms with Crippen LogP contribution in [0.5, 0.6) is 0 Å². The molecule has 1 unspecified atom stereocenters. The van der Waals surface area contributed by atoms with Gasteiger partial charge in [-0.3, -0.25) is 4.79 Å². The summed E-state index contributed by atoms with van der Waals surface area (Å²) < 4.78 is 30.5. The Morgan fingerprint density at radius 1 is 1.28 bits per heavy atom. The summed E-state index contributed by atoms with van der Waals surface area (Å²) in [5.74, 6) is -0.553. The molecular formula is C15H19N3O5S2. The number of hydrogen-bond acceptors (Lipinski definition) is 7. The second-order valence-electron chi connectivity index (χ2n) is 6.29. The molecule has 1 amide bonds. The largest absolute Gasteiger partial charge is 0.465 e. The third kappa shape index (κ3) is 4.24. The van der Waals surface area contributed by atoms with E-state index in [9.17, 15) is 18.0 Å². The minimum absolute atomic E-state index is 0.0286. The molecular weight excluding hydrogens is 366 g/mol. The third-order valence-electron chi connectivity index (χ3n) is 4.17. The van der Waals surface area contributed by atoms with E-state index in [4.69, 9.17) is 4.74 Å². The Labute approximate surface area is 149 Å². The van der Waals surface area contributed by atoms with Crippen LogP contribution in [0.2, 0.25) is 0 Å². The van der Waals surface area contributed by atoms with Crippen LogP contribution in [0.4, 0.5) is 5.00 Å². The summed E-state index contributed by atoms with van der Waals surface area (Å²) in [6.07, 6.45) is 4.42. The standard InChI is InChI=1S/C15H19N3O5S2/c1-23-15(20)12-10-7-9(17-18-25(2,21)22)5-6-11(10)24-14(12)16-13(19)8-3-4-8/h8-9H,3-7H2,1-2H3,(H,16,19). The predicted octanol–water partition coefficient (Wildman–Crippen LogP) is 2.15. The first-order valence-electron chi connectivity index (χ1n) is 7.94. The summed E-state index contributed by atoms with van der Waals surface area (Å²) in [5.41, 5.74) is 1.13. The van der Waals surface area contributed by atoms with Gasteiger partial charge in [0.2, 0.25) is 5.91 Å². The molecule has 3 rings (SSSR count). The van der Waals surface area contributed by atoms with Gasteiger partial charge in [-0.2, -0.15) is 5.11 Å². The molecule has 1 aromatic rings. The van der Waals surface area contributed by atoms with E-state index >= 15 is 0 Å². The topological polar surface area (TPSA) is 114 Å². The maximum Gasteiger partial charge on any atom is 0.341 e. The number of amides is 1. The van der Waals surface area contributed by atoms with E-state index in [0.29, 0.717) is 29.8 Å². The smallest absolute Gasteiger partial charge is 0.341 e. The van der Waals surface area contributed by atoms with E-state index < -0.39 is 16.0 Å². The summed E-state index contributed by atoms with van der Waals surface area (Å²) in [4.78, 5) is 25.3. The number of rotatable bonds is 5. The minimum atomic E-state index is -3.53. The second-order valence-corrected chi connectivity index (χ2v) is 9.02. The van der Waals surface area contributed by atoms with Gasteiger partial charge in [0.05, 0.1) is 25.0 Å². The zero-order chi connectivity index (χ0) is 18.2. The molecule has 1 fully saturated rings. The van der Waals surface area contributed by atoms with E-state index in [1.807, 2.05) is 0 Å². The number of sulfonamides is 1. The molecule has 25 heavy (non-hydrogen) atoms. The molecule has 1 saturated carbocycles. The summed E-state index contributed by atoms with van der Waals surface area (Å²) in [6.45, 7) is 0.